The third-order valence-corrected chi connectivity index (χ3v) is 15.1. The van der Waals surface area contributed by atoms with Crippen molar-refractivity contribution in [1.29, 1.82) is 0 Å². The van der Waals surface area contributed by atoms with Gasteiger partial charge in [0.1, 0.15) is 24.4 Å². The van der Waals surface area contributed by atoms with Crippen LogP contribution in [0, 0.1) is 50.7 Å². The first-order chi connectivity index (χ1) is 22.3. The molecule has 48 heavy (non-hydrogen) atoms. The van der Waals surface area contributed by atoms with Crippen molar-refractivity contribution in [2.75, 3.05) is 12.5 Å². The second-order valence-electron chi connectivity index (χ2n) is 17.6. The van der Waals surface area contributed by atoms with Crippen LogP contribution in [0.4, 0.5) is 0 Å². The average Bonchev–Trinajstić information content (AvgIpc) is 3.02. The van der Waals surface area contributed by atoms with Gasteiger partial charge in [-0.15, -0.1) is 11.6 Å². The molecule has 7 N–H and O–H groups in total. The van der Waals surface area contributed by atoms with Gasteiger partial charge in [0.2, 0.25) is 0 Å². The van der Waals surface area contributed by atoms with Gasteiger partial charge in [-0.2, -0.15) is 0 Å². The maximum absolute atomic E-state index is 13.2. The summed E-state index contributed by atoms with van der Waals surface area (Å²) < 4.78 is 11.8. The van der Waals surface area contributed by atoms with Crippen LogP contribution >= 0.6 is 11.6 Å². The monoisotopic (exact) mass is 698 g/mol. The van der Waals surface area contributed by atoms with E-state index in [9.17, 15) is 45.3 Å². The Morgan fingerprint density at radius 3 is 2.19 bits per heavy atom. The largest absolute Gasteiger partial charge is 0.481 e. The summed E-state index contributed by atoms with van der Waals surface area (Å²) in [7, 11) is 0. The lowest BCUT2D eigenvalue weighted by Crippen LogP contribution is -2.68. The highest BCUT2D eigenvalue weighted by Crippen LogP contribution is 2.72. The Hall–Kier alpha value is -1.31. The van der Waals surface area contributed by atoms with Crippen molar-refractivity contribution in [1.82, 2.24) is 0 Å². The molecule has 0 radical (unpaired) electrons. The van der Waals surface area contributed by atoms with E-state index in [1.165, 1.54) is 11.1 Å². The van der Waals surface area contributed by atoms with E-state index >= 15 is 0 Å². The molecule has 5 aliphatic carbocycles. The summed E-state index contributed by atoms with van der Waals surface area (Å²) in [6.45, 7) is 9.70. The normalized spacial score (nSPS) is 51.6. The predicted molar refractivity (Wildman–Crippen MR) is 174 cm³/mol. The van der Waals surface area contributed by atoms with Crippen LogP contribution in [0.5, 0.6) is 0 Å². The van der Waals surface area contributed by atoms with Crippen LogP contribution in [0.3, 0.4) is 0 Å². The zero-order chi connectivity index (χ0) is 35.4. The molecular weight excluding hydrogens is 644 g/mol. The number of carboxylic acid groups (broad SMARTS) is 2. The number of aliphatic hydroxyl groups is 5. The highest BCUT2D eigenvalue weighted by Gasteiger charge is 2.70. The van der Waals surface area contributed by atoms with Gasteiger partial charge in [0.25, 0.3) is 0 Å². The van der Waals surface area contributed by atoms with E-state index in [1.807, 2.05) is 0 Å². The number of aliphatic hydroxyl groups excluding tert-OH is 5. The highest BCUT2D eigenvalue weighted by molar-refractivity contribution is 6.18. The Kier molecular flexibility index (Phi) is 9.23. The Bertz CT molecular complexity index is 1330. The maximum Gasteiger partial charge on any atom is 0.312 e. The number of carboxylic acids is 2. The van der Waals surface area contributed by atoms with E-state index in [0.29, 0.717) is 44.4 Å². The minimum absolute atomic E-state index is 0.00486. The Labute approximate surface area is 287 Å². The molecule has 3 saturated carbocycles. The molecule has 0 bridgehead atoms. The minimum Gasteiger partial charge on any atom is -0.481 e. The molecule has 6 rings (SSSR count). The molecule has 272 valence electrons. The van der Waals surface area contributed by atoms with Crippen molar-refractivity contribution >= 4 is 23.5 Å². The quantitative estimate of drug-likeness (QED) is 0.122. The van der Waals surface area contributed by atoms with E-state index in [4.69, 9.17) is 21.1 Å². The number of aliphatic carboxylic acids is 2. The first-order valence-corrected chi connectivity index (χ1v) is 18.3. The lowest BCUT2D eigenvalue weighted by Gasteiger charge is -2.68. The molecule has 1 aliphatic heterocycles. The fourth-order valence-electron chi connectivity index (χ4n) is 12.0. The van der Waals surface area contributed by atoms with Gasteiger partial charge >= 0.3 is 11.9 Å². The second kappa shape index (κ2) is 12.1. The van der Waals surface area contributed by atoms with Gasteiger partial charge in [-0.25, -0.2) is 0 Å². The number of alkyl halides is 1. The second-order valence-corrected chi connectivity index (χ2v) is 17.9. The van der Waals surface area contributed by atoms with Gasteiger partial charge in [0, 0.05) is 5.88 Å². The van der Waals surface area contributed by atoms with Gasteiger partial charge in [0.15, 0.2) is 6.29 Å². The Morgan fingerprint density at radius 2 is 1.58 bits per heavy atom. The summed E-state index contributed by atoms with van der Waals surface area (Å²) in [5, 5.41) is 74.5. The lowest BCUT2D eigenvalue weighted by atomic mass is 9.37. The number of rotatable bonds is 6. The van der Waals surface area contributed by atoms with E-state index in [-0.39, 0.29) is 35.0 Å². The molecule has 1 saturated heterocycles. The first-order valence-electron chi connectivity index (χ1n) is 17.7. The first kappa shape index (κ1) is 36.5. The standard InChI is InChI=1S/C36H55ClO11/c1-32(2)10-11-36(31(45)46)9-6-18-24(19(36)13-32)17(15-37)12-23-33(18,3)8-7-22-34(23,4)14-20(28(42)35(22,5)30(43)44)47-29-27(41)26(40)25(39)21(16-38)48-29/h17,19-23,25-29,38-42H,6-16H2,1-5H3,(H,43,44)(H,45,46). The molecule has 0 aromatic rings. The molecular formula is C36H55ClO11. The molecule has 0 spiro atoms. The summed E-state index contributed by atoms with van der Waals surface area (Å²) in [4.78, 5) is 26.2. The fourth-order valence-corrected chi connectivity index (χ4v) is 12.3. The summed E-state index contributed by atoms with van der Waals surface area (Å²) in [6.07, 6.45) is -4.69. The SMILES string of the molecule is CC1(C)CCC2(C(=O)O)CCC3=C(C(CCl)CC4C3(C)CCC3C4(C)CC(OC4OC(CO)C(O)C(O)C4O)C(O)C3(C)C(=O)O)C2C1. The summed E-state index contributed by atoms with van der Waals surface area (Å²) >= 11 is 6.83. The molecule has 12 heteroatoms. The van der Waals surface area contributed by atoms with Crippen LogP contribution in [-0.4, -0.2) is 103 Å². The van der Waals surface area contributed by atoms with E-state index in [1.54, 1.807) is 6.92 Å². The Balaban J connectivity index is 1.42. The van der Waals surface area contributed by atoms with Crippen LogP contribution in [-0.2, 0) is 19.1 Å². The third kappa shape index (κ3) is 5.07. The highest BCUT2D eigenvalue weighted by atomic mass is 35.5. The van der Waals surface area contributed by atoms with Crippen molar-refractivity contribution < 1.29 is 54.8 Å². The van der Waals surface area contributed by atoms with E-state index < -0.39 is 83.6 Å². The van der Waals surface area contributed by atoms with Crippen molar-refractivity contribution in [3.8, 4) is 0 Å². The number of ether oxygens (including phenoxy) is 2. The average molecular weight is 699 g/mol. The smallest absolute Gasteiger partial charge is 0.312 e. The molecule has 0 amide bonds. The van der Waals surface area contributed by atoms with Gasteiger partial charge in [-0.1, -0.05) is 38.8 Å². The number of fused-ring (bicyclic) bond motifs is 6. The molecule has 6 aliphatic rings. The van der Waals surface area contributed by atoms with Crippen molar-refractivity contribution in [2.45, 2.75) is 135 Å². The minimum atomic E-state index is -1.70. The third-order valence-electron chi connectivity index (χ3n) is 14.7. The summed E-state index contributed by atoms with van der Waals surface area (Å²) in [5.74, 6) is -2.25. The van der Waals surface area contributed by atoms with Crippen molar-refractivity contribution in [3.63, 3.8) is 0 Å². The molecule has 15 atom stereocenters. The van der Waals surface area contributed by atoms with Crippen LogP contribution in [0.1, 0.15) is 92.4 Å². The van der Waals surface area contributed by atoms with Crippen LogP contribution in [0.25, 0.3) is 0 Å². The molecule has 1 heterocycles. The fraction of sp³-hybridized carbons (Fsp3) is 0.889. The van der Waals surface area contributed by atoms with Crippen LogP contribution in [0.15, 0.2) is 11.1 Å². The van der Waals surface area contributed by atoms with Crippen LogP contribution < -0.4 is 0 Å². The van der Waals surface area contributed by atoms with Crippen LogP contribution in [0.2, 0.25) is 0 Å². The molecule has 4 fully saturated rings. The topological polar surface area (TPSA) is 194 Å². The predicted octanol–water partition coefficient (Wildman–Crippen LogP) is 3.31. The van der Waals surface area contributed by atoms with Gasteiger partial charge in [-0.05, 0) is 105 Å². The zero-order valence-electron chi connectivity index (χ0n) is 28.8. The maximum atomic E-state index is 13.2. The van der Waals surface area contributed by atoms with Gasteiger partial charge in [0.05, 0.1) is 29.6 Å². The number of carbonyl (C=O) groups is 2. The number of hydrogen-bond acceptors (Lipinski definition) is 9. The molecule has 11 nitrogen and oxygen atoms in total. The van der Waals surface area contributed by atoms with Crippen molar-refractivity contribution in [2.24, 2.45) is 50.7 Å². The summed E-state index contributed by atoms with van der Waals surface area (Å²) in [6, 6.07) is 0. The van der Waals surface area contributed by atoms with E-state index in [2.05, 4.69) is 27.7 Å². The molecule has 0 aromatic heterocycles. The Morgan fingerprint density at radius 1 is 0.896 bits per heavy atom. The number of halogens is 1. The number of allylic oxidation sites excluding steroid dienone is 2. The van der Waals surface area contributed by atoms with E-state index in [0.717, 1.165) is 12.8 Å². The van der Waals surface area contributed by atoms with Gasteiger partial charge in [-0.3, -0.25) is 9.59 Å². The molecule has 15 unspecified atom stereocenters. The van der Waals surface area contributed by atoms with Gasteiger partial charge < -0.3 is 45.2 Å². The summed E-state index contributed by atoms with van der Waals surface area (Å²) in [5.41, 5.74) is -0.981. The van der Waals surface area contributed by atoms with Crippen molar-refractivity contribution in [3.05, 3.63) is 11.1 Å². The number of hydrogen-bond donors (Lipinski definition) is 7. The lowest BCUT2D eigenvalue weighted by molar-refractivity contribution is -0.333. The molecule has 0 aromatic carbocycles. The zero-order valence-corrected chi connectivity index (χ0v) is 29.5.